The highest BCUT2D eigenvalue weighted by Crippen LogP contribution is 2.44. The molecule has 0 aliphatic heterocycles. The van der Waals surface area contributed by atoms with Crippen molar-refractivity contribution in [3.05, 3.63) is 29.8 Å². The number of halogens is 2. The minimum absolute atomic E-state index is 0.366. The molecule has 0 bridgehead atoms. The lowest BCUT2D eigenvalue weighted by atomic mass is 10.1. The second-order valence-electron chi connectivity index (χ2n) is 4.29. The van der Waals surface area contributed by atoms with Crippen molar-refractivity contribution in [3.63, 3.8) is 0 Å². The van der Waals surface area contributed by atoms with E-state index in [2.05, 4.69) is 12.2 Å². The lowest BCUT2D eigenvalue weighted by molar-refractivity contribution is 0.508. The minimum atomic E-state index is -0.798. The molecule has 0 spiro atoms. The van der Waals surface area contributed by atoms with E-state index in [0.717, 1.165) is 12.6 Å². The molecule has 1 fully saturated rings. The first-order valence-electron chi connectivity index (χ1n) is 4.78. The lowest BCUT2D eigenvalue weighted by Gasteiger charge is -2.11. The number of nitrogens with one attached hydrogen (secondary N) is 1. The van der Waals surface area contributed by atoms with Crippen LogP contribution < -0.4 is 5.32 Å². The van der Waals surface area contributed by atoms with Crippen molar-refractivity contribution < 1.29 is 8.78 Å². The Hall–Kier alpha value is -1.12. The van der Waals surface area contributed by atoms with Crippen LogP contribution in [-0.2, 0) is 0 Å². The standard InChI is InChI=1S/C11H13F2N/c1-11(4-5-11)7-14-8-2-3-9(12)10(13)6-8/h2-3,6,14H,4-5,7H2,1H3. The van der Waals surface area contributed by atoms with Gasteiger partial charge in [-0.15, -0.1) is 0 Å². The van der Waals surface area contributed by atoms with Crippen LogP contribution in [-0.4, -0.2) is 6.54 Å². The predicted octanol–water partition coefficient (Wildman–Crippen LogP) is 3.18. The molecular formula is C11H13F2N. The predicted molar refractivity (Wildman–Crippen MR) is 52.2 cm³/mol. The molecule has 14 heavy (non-hydrogen) atoms. The zero-order valence-electron chi connectivity index (χ0n) is 8.11. The van der Waals surface area contributed by atoms with Crippen LogP contribution in [0.2, 0.25) is 0 Å². The summed E-state index contributed by atoms with van der Waals surface area (Å²) in [6.07, 6.45) is 2.42. The van der Waals surface area contributed by atoms with Crippen LogP contribution in [0.3, 0.4) is 0 Å². The van der Waals surface area contributed by atoms with Crippen molar-refractivity contribution in [1.29, 1.82) is 0 Å². The van der Waals surface area contributed by atoms with Crippen LogP contribution in [0.5, 0.6) is 0 Å². The second-order valence-corrected chi connectivity index (χ2v) is 4.29. The van der Waals surface area contributed by atoms with E-state index in [4.69, 9.17) is 0 Å². The Bertz CT molecular complexity index is 345. The van der Waals surface area contributed by atoms with Crippen LogP contribution in [0.15, 0.2) is 18.2 Å². The van der Waals surface area contributed by atoms with Gasteiger partial charge < -0.3 is 5.32 Å². The molecule has 0 aromatic heterocycles. The van der Waals surface area contributed by atoms with Crippen molar-refractivity contribution in [3.8, 4) is 0 Å². The van der Waals surface area contributed by atoms with Crippen LogP contribution >= 0.6 is 0 Å². The molecule has 1 aromatic carbocycles. The van der Waals surface area contributed by atoms with Gasteiger partial charge in [0.05, 0.1) is 0 Å². The fourth-order valence-corrected chi connectivity index (χ4v) is 1.31. The fraction of sp³-hybridized carbons (Fsp3) is 0.455. The number of benzene rings is 1. The Morgan fingerprint density at radius 2 is 2.00 bits per heavy atom. The van der Waals surface area contributed by atoms with Gasteiger partial charge in [0.2, 0.25) is 0 Å². The van der Waals surface area contributed by atoms with Gasteiger partial charge in [-0.05, 0) is 36.5 Å². The van der Waals surface area contributed by atoms with Crippen molar-refractivity contribution in [2.24, 2.45) is 5.41 Å². The first-order chi connectivity index (χ1) is 6.59. The van der Waals surface area contributed by atoms with Crippen molar-refractivity contribution in [1.82, 2.24) is 0 Å². The van der Waals surface area contributed by atoms with Gasteiger partial charge in [-0.3, -0.25) is 0 Å². The molecule has 1 aromatic rings. The molecule has 1 N–H and O–H groups in total. The summed E-state index contributed by atoms with van der Waals surface area (Å²) in [7, 11) is 0. The van der Waals surface area contributed by atoms with Crippen molar-refractivity contribution in [2.45, 2.75) is 19.8 Å². The second kappa shape index (κ2) is 3.23. The monoisotopic (exact) mass is 197 g/mol. The first kappa shape index (κ1) is 9.44. The Labute approximate surface area is 82.1 Å². The maximum Gasteiger partial charge on any atom is 0.160 e. The molecule has 1 aliphatic carbocycles. The maximum atomic E-state index is 12.8. The summed E-state index contributed by atoms with van der Waals surface area (Å²) in [5.41, 5.74) is 1.02. The maximum absolute atomic E-state index is 12.8. The molecule has 0 heterocycles. The van der Waals surface area contributed by atoms with E-state index in [1.54, 1.807) is 6.07 Å². The molecule has 76 valence electrons. The largest absolute Gasteiger partial charge is 0.384 e. The molecule has 1 saturated carbocycles. The molecule has 1 nitrogen and oxygen atoms in total. The molecule has 0 amide bonds. The van der Waals surface area contributed by atoms with E-state index in [9.17, 15) is 8.78 Å². The third-order valence-corrected chi connectivity index (χ3v) is 2.74. The normalized spacial score (nSPS) is 17.9. The van der Waals surface area contributed by atoms with E-state index < -0.39 is 11.6 Å². The third kappa shape index (κ3) is 2.03. The topological polar surface area (TPSA) is 12.0 Å². The van der Waals surface area contributed by atoms with E-state index in [0.29, 0.717) is 11.1 Å². The molecule has 0 unspecified atom stereocenters. The van der Waals surface area contributed by atoms with Gasteiger partial charge in [0.25, 0.3) is 0 Å². The smallest absolute Gasteiger partial charge is 0.160 e. The molecule has 1 aliphatic rings. The zero-order valence-corrected chi connectivity index (χ0v) is 8.11. The average molecular weight is 197 g/mol. The van der Waals surface area contributed by atoms with E-state index >= 15 is 0 Å². The Balaban J connectivity index is 1.99. The van der Waals surface area contributed by atoms with E-state index in [1.807, 2.05) is 0 Å². The van der Waals surface area contributed by atoms with Gasteiger partial charge in [-0.1, -0.05) is 6.92 Å². The molecule has 0 atom stereocenters. The number of hydrogen-bond donors (Lipinski definition) is 1. The SMILES string of the molecule is CC1(CNc2ccc(F)c(F)c2)CC1. The van der Waals surface area contributed by atoms with Crippen LogP contribution in [0, 0.1) is 17.0 Å². The van der Waals surface area contributed by atoms with Crippen molar-refractivity contribution >= 4 is 5.69 Å². The zero-order chi connectivity index (χ0) is 10.2. The minimum Gasteiger partial charge on any atom is -0.384 e. The Morgan fingerprint density at radius 3 is 2.57 bits per heavy atom. The summed E-state index contributed by atoms with van der Waals surface area (Å²) < 4.78 is 25.4. The quantitative estimate of drug-likeness (QED) is 0.784. The number of anilines is 1. The number of rotatable bonds is 3. The third-order valence-electron chi connectivity index (χ3n) is 2.74. The van der Waals surface area contributed by atoms with Crippen LogP contribution in [0.4, 0.5) is 14.5 Å². The highest BCUT2D eigenvalue weighted by molar-refractivity contribution is 5.43. The van der Waals surface area contributed by atoms with Gasteiger partial charge in [0.15, 0.2) is 11.6 Å². The number of hydrogen-bond acceptors (Lipinski definition) is 1. The summed E-state index contributed by atoms with van der Waals surface area (Å²) in [4.78, 5) is 0. The Kier molecular flexibility index (Phi) is 2.17. The first-order valence-corrected chi connectivity index (χ1v) is 4.78. The Morgan fingerprint density at radius 1 is 1.29 bits per heavy atom. The molecule has 0 radical (unpaired) electrons. The van der Waals surface area contributed by atoms with Gasteiger partial charge in [-0.25, -0.2) is 8.78 Å². The van der Waals surface area contributed by atoms with Crippen molar-refractivity contribution in [2.75, 3.05) is 11.9 Å². The molecule has 0 saturated heterocycles. The van der Waals surface area contributed by atoms with Gasteiger partial charge in [-0.2, -0.15) is 0 Å². The highest BCUT2D eigenvalue weighted by Gasteiger charge is 2.36. The highest BCUT2D eigenvalue weighted by atomic mass is 19.2. The van der Waals surface area contributed by atoms with Crippen LogP contribution in [0.1, 0.15) is 19.8 Å². The molecule has 2 rings (SSSR count). The fourth-order valence-electron chi connectivity index (χ4n) is 1.31. The summed E-state index contributed by atoms with van der Waals surface area (Å²) in [5, 5.41) is 3.11. The lowest BCUT2D eigenvalue weighted by Crippen LogP contribution is -2.11. The van der Waals surface area contributed by atoms with Gasteiger partial charge in [0, 0.05) is 12.2 Å². The van der Waals surface area contributed by atoms with Crippen LogP contribution in [0.25, 0.3) is 0 Å². The average Bonchev–Trinajstić information content (AvgIpc) is 2.87. The van der Waals surface area contributed by atoms with E-state index in [1.165, 1.54) is 18.9 Å². The summed E-state index contributed by atoms with van der Waals surface area (Å²) in [5.74, 6) is -1.59. The van der Waals surface area contributed by atoms with Gasteiger partial charge in [0.1, 0.15) is 0 Å². The van der Waals surface area contributed by atoms with E-state index in [-0.39, 0.29) is 0 Å². The van der Waals surface area contributed by atoms with Gasteiger partial charge >= 0.3 is 0 Å². The molecule has 3 heteroatoms. The molecular weight excluding hydrogens is 184 g/mol. The summed E-state index contributed by atoms with van der Waals surface area (Å²) in [6.45, 7) is 3.01. The summed E-state index contributed by atoms with van der Waals surface area (Å²) in [6, 6.07) is 3.90. The summed E-state index contributed by atoms with van der Waals surface area (Å²) >= 11 is 0.